The smallest absolute Gasteiger partial charge is 0.471 e. The van der Waals surface area contributed by atoms with Gasteiger partial charge in [0.1, 0.15) is 6.04 Å². The summed E-state index contributed by atoms with van der Waals surface area (Å²) in [5.41, 5.74) is 0. The second-order valence-electron chi connectivity index (χ2n) is 3.72. The lowest BCUT2D eigenvalue weighted by Gasteiger charge is -2.26. The van der Waals surface area contributed by atoms with E-state index in [9.17, 15) is 35.9 Å². The number of carbonyl (C=O) groups excluding carboxylic acids is 1. The third-order valence-corrected chi connectivity index (χ3v) is 2.57. The van der Waals surface area contributed by atoms with Crippen molar-refractivity contribution in [1.82, 2.24) is 4.90 Å². The molecule has 0 radical (unpaired) electrons. The van der Waals surface area contributed by atoms with Gasteiger partial charge in [0, 0.05) is 6.54 Å². The number of hydrogen-bond acceptors (Lipinski definition) is 2. The van der Waals surface area contributed by atoms with E-state index in [0.29, 0.717) is 0 Å². The average Bonchev–Trinajstić information content (AvgIpc) is 2.57. The number of carboxylic acid groups (broad SMARTS) is 1. The Kier molecular flexibility index (Phi) is 3.50. The Balaban J connectivity index is 3.03. The van der Waals surface area contributed by atoms with E-state index in [1.807, 2.05) is 0 Å². The average molecular weight is 279 g/mol. The molecule has 104 valence electrons. The highest BCUT2D eigenvalue weighted by Crippen LogP contribution is 2.39. The van der Waals surface area contributed by atoms with Gasteiger partial charge in [0.15, 0.2) is 0 Å². The summed E-state index contributed by atoms with van der Waals surface area (Å²) in [6, 6.07) is -2.53. The third kappa shape index (κ3) is 2.67. The zero-order valence-electron chi connectivity index (χ0n) is 8.55. The Labute approximate surface area is 96.2 Å². The first kappa shape index (κ1) is 14.6. The molecule has 0 unspecified atom stereocenters. The van der Waals surface area contributed by atoms with Crippen LogP contribution < -0.4 is 0 Å². The van der Waals surface area contributed by atoms with E-state index < -0.39 is 49.2 Å². The molecule has 1 N–H and O–H groups in total. The monoisotopic (exact) mass is 279 g/mol. The molecule has 1 fully saturated rings. The molecule has 0 bridgehead atoms. The Hall–Kier alpha value is -1.48. The summed E-state index contributed by atoms with van der Waals surface area (Å²) in [6.45, 7) is -0.889. The standard InChI is InChI=1S/C8H7F6NO3/c9-7(10,11)3-1-2-15(4(3)5(16)17)6(18)8(12,13)14/h3-4H,1-2H2,(H,16,17)/t3-,4+/m0/s1. The summed E-state index contributed by atoms with van der Waals surface area (Å²) in [6.07, 6.45) is -11.2. The van der Waals surface area contributed by atoms with E-state index in [2.05, 4.69) is 0 Å². The molecule has 0 aliphatic carbocycles. The molecule has 1 amide bonds. The van der Waals surface area contributed by atoms with Crippen LogP contribution in [-0.4, -0.2) is 46.8 Å². The quantitative estimate of drug-likeness (QED) is 0.738. The summed E-state index contributed by atoms with van der Waals surface area (Å²) in [5.74, 6) is -7.16. The summed E-state index contributed by atoms with van der Waals surface area (Å²) in [4.78, 5) is 21.2. The number of rotatable bonds is 1. The molecule has 0 aromatic carbocycles. The molecule has 0 spiro atoms. The molecule has 10 heteroatoms. The zero-order valence-corrected chi connectivity index (χ0v) is 8.55. The Morgan fingerprint density at radius 2 is 1.61 bits per heavy atom. The maximum atomic E-state index is 12.4. The minimum Gasteiger partial charge on any atom is -0.480 e. The fourth-order valence-corrected chi connectivity index (χ4v) is 1.83. The molecule has 4 nitrogen and oxygen atoms in total. The molecule has 1 aliphatic rings. The van der Waals surface area contributed by atoms with Crippen LogP contribution in [0.3, 0.4) is 0 Å². The van der Waals surface area contributed by atoms with E-state index in [1.165, 1.54) is 0 Å². The van der Waals surface area contributed by atoms with Crippen LogP contribution in [0.4, 0.5) is 26.3 Å². The largest absolute Gasteiger partial charge is 0.480 e. The molecule has 0 saturated carbocycles. The number of hydrogen-bond donors (Lipinski definition) is 1. The zero-order chi connectivity index (χ0) is 14.3. The minimum atomic E-state index is -5.39. The summed E-state index contributed by atoms with van der Waals surface area (Å²) >= 11 is 0. The predicted molar refractivity (Wildman–Crippen MR) is 43.4 cm³/mol. The maximum absolute atomic E-state index is 12.4. The second-order valence-corrected chi connectivity index (χ2v) is 3.72. The van der Waals surface area contributed by atoms with Crippen molar-refractivity contribution in [2.75, 3.05) is 6.54 Å². The van der Waals surface area contributed by atoms with E-state index >= 15 is 0 Å². The van der Waals surface area contributed by atoms with Crippen LogP contribution >= 0.6 is 0 Å². The van der Waals surface area contributed by atoms with E-state index in [1.54, 1.807) is 0 Å². The number of carbonyl (C=O) groups is 2. The first-order chi connectivity index (χ1) is 7.96. The van der Waals surface area contributed by atoms with Gasteiger partial charge in [-0.3, -0.25) is 4.79 Å². The molecule has 1 aliphatic heterocycles. The Morgan fingerprint density at radius 3 is 1.94 bits per heavy atom. The first-order valence-corrected chi connectivity index (χ1v) is 4.63. The normalized spacial score (nSPS) is 25.3. The Morgan fingerprint density at radius 1 is 1.11 bits per heavy atom. The molecule has 2 atom stereocenters. The van der Waals surface area contributed by atoms with Crippen LogP contribution in [0.25, 0.3) is 0 Å². The minimum absolute atomic E-state index is 0.291. The van der Waals surface area contributed by atoms with Gasteiger partial charge in [-0.15, -0.1) is 0 Å². The van der Waals surface area contributed by atoms with Crippen LogP contribution in [0.1, 0.15) is 6.42 Å². The molecule has 1 saturated heterocycles. The van der Waals surface area contributed by atoms with Crippen molar-refractivity contribution in [3.05, 3.63) is 0 Å². The number of amides is 1. The van der Waals surface area contributed by atoms with Gasteiger partial charge >= 0.3 is 24.2 Å². The molecular weight excluding hydrogens is 272 g/mol. The molecule has 0 aromatic heterocycles. The molecular formula is C8H7F6NO3. The Bertz CT molecular complexity index is 363. The van der Waals surface area contributed by atoms with Crippen molar-refractivity contribution in [2.45, 2.75) is 24.8 Å². The van der Waals surface area contributed by atoms with E-state index in [0.717, 1.165) is 0 Å². The summed E-state index contributed by atoms with van der Waals surface area (Å²) in [7, 11) is 0. The molecule has 0 aromatic rings. The topological polar surface area (TPSA) is 57.6 Å². The maximum Gasteiger partial charge on any atom is 0.471 e. The van der Waals surface area contributed by atoms with Gasteiger partial charge in [-0.05, 0) is 6.42 Å². The fourth-order valence-electron chi connectivity index (χ4n) is 1.83. The predicted octanol–water partition coefficient (Wildman–Crippen LogP) is 1.41. The SMILES string of the molecule is O=C(O)[C@H]1[C@@H](C(F)(F)F)CCN1C(=O)C(F)(F)F. The van der Waals surface area contributed by atoms with Crippen molar-refractivity contribution in [3.8, 4) is 0 Å². The van der Waals surface area contributed by atoms with Gasteiger partial charge in [-0.1, -0.05) is 0 Å². The van der Waals surface area contributed by atoms with Crippen molar-refractivity contribution >= 4 is 11.9 Å². The van der Waals surface area contributed by atoms with E-state index in [4.69, 9.17) is 5.11 Å². The van der Waals surface area contributed by atoms with E-state index in [-0.39, 0.29) is 4.90 Å². The molecule has 18 heavy (non-hydrogen) atoms. The highest BCUT2D eigenvalue weighted by atomic mass is 19.4. The van der Waals surface area contributed by atoms with Crippen LogP contribution in [0.5, 0.6) is 0 Å². The van der Waals surface area contributed by atoms with Crippen molar-refractivity contribution in [2.24, 2.45) is 5.92 Å². The fraction of sp³-hybridized carbons (Fsp3) is 0.750. The van der Waals surface area contributed by atoms with Crippen LogP contribution in [0, 0.1) is 5.92 Å². The first-order valence-electron chi connectivity index (χ1n) is 4.63. The lowest BCUT2D eigenvalue weighted by atomic mass is 10.00. The third-order valence-electron chi connectivity index (χ3n) is 2.57. The molecule has 1 rings (SSSR count). The number of nitrogens with zero attached hydrogens (tertiary/aromatic N) is 1. The number of carboxylic acids is 1. The van der Waals surface area contributed by atoms with Gasteiger partial charge in [-0.2, -0.15) is 26.3 Å². The van der Waals surface area contributed by atoms with Crippen molar-refractivity contribution in [3.63, 3.8) is 0 Å². The molecule has 1 heterocycles. The van der Waals surface area contributed by atoms with Gasteiger partial charge in [0.2, 0.25) is 0 Å². The summed E-state index contributed by atoms with van der Waals surface area (Å²) < 4.78 is 73.6. The van der Waals surface area contributed by atoms with Gasteiger partial charge in [0.05, 0.1) is 5.92 Å². The van der Waals surface area contributed by atoms with Crippen molar-refractivity contribution < 1.29 is 41.0 Å². The number of likely N-dealkylation sites (tertiary alicyclic amines) is 1. The lowest BCUT2D eigenvalue weighted by molar-refractivity contribution is -0.200. The van der Waals surface area contributed by atoms with Gasteiger partial charge < -0.3 is 10.0 Å². The highest BCUT2D eigenvalue weighted by molar-refractivity contribution is 5.87. The van der Waals surface area contributed by atoms with Crippen LogP contribution in [0.15, 0.2) is 0 Å². The lowest BCUT2D eigenvalue weighted by Crippen LogP contribution is -2.50. The summed E-state index contributed by atoms with van der Waals surface area (Å²) in [5, 5.41) is 8.57. The van der Waals surface area contributed by atoms with Crippen LogP contribution in [-0.2, 0) is 9.59 Å². The number of aliphatic carboxylic acids is 1. The van der Waals surface area contributed by atoms with Gasteiger partial charge in [0.25, 0.3) is 0 Å². The highest BCUT2D eigenvalue weighted by Gasteiger charge is 2.58. The second kappa shape index (κ2) is 4.32. The van der Waals surface area contributed by atoms with Gasteiger partial charge in [-0.25, -0.2) is 4.79 Å². The number of halogens is 6. The number of alkyl halides is 6. The van der Waals surface area contributed by atoms with Crippen LogP contribution in [0.2, 0.25) is 0 Å². The van der Waals surface area contributed by atoms with Crippen molar-refractivity contribution in [1.29, 1.82) is 0 Å².